The third kappa shape index (κ3) is 9.24. The number of nitrogens with zero attached hydrogens (tertiary/aromatic N) is 2. The van der Waals surface area contributed by atoms with Crippen LogP contribution in [-0.4, -0.2) is 90.9 Å². The summed E-state index contributed by atoms with van der Waals surface area (Å²) in [4.78, 5) is 31.0. The van der Waals surface area contributed by atoms with Crippen molar-refractivity contribution in [1.29, 1.82) is 0 Å². The Morgan fingerprint density at radius 3 is 2.27 bits per heavy atom. The normalized spacial score (nSPS) is 12.8. The van der Waals surface area contributed by atoms with Crippen LogP contribution in [0.2, 0.25) is 0 Å². The van der Waals surface area contributed by atoms with E-state index in [-0.39, 0.29) is 43.5 Å². The maximum Gasteiger partial charge on any atom is 0.325 e. The van der Waals surface area contributed by atoms with Crippen LogP contribution in [0.1, 0.15) is 26.7 Å². The van der Waals surface area contributed by atoms with E-state index in [2.05, 4.69) is 9.71 Å². The summed E-state index contributed by atoms with van der Waals surface area (Å²) in [5, 5.41) is 1.32. The van der Waals surface area contributed by atoms with E-state index >= 15 is 0 Å². The van der Waals surface area contributed by atoms with Gasteiger partial charge in [-0.3, -0.25) is 14.6 Å². The van der Waals surface area contributed by atoms with Crippen LogP contribution >= 0.6 is 0 Å². The zero-order valence-corrected chi connectivity index (χ0v) is 24.3. The molecule has 0 aromatic heterocycles. The van der Waals surface area contributed by atoms with E-state index in [1.807, 2.05) is 0 Å². The zero-order valence-electron chi connectivity index (χ0n) is 23.5. The highest BCUT2D eigenvalue weighted by Gasteiger charge is 2.31. The summed E-state index contributed by atoms with van der Waals surface area (Å²) >= 11 is 0. The lowest BCUT2D eigenvalue weighted by atomic mass is 10.1. The molecule has 0 radical (unpaired) electrons. The number of sulfonamides is 1. The average Bonchev–Trinajstić information content (AvgIpc) is 2.92. The number of nitrogens with two attached hydrogens (primary N) is 2. The van der Waals surface area contributed by atoms with Gasteiger partial charge in [0.05, 0.1) is 31.8 Å². The van der Waals surface area contributed by atoms with Gasteiger partial charge >= 0.3 is 5.97 Å². The smallest absolute Gasteiger partial charge is 0.325 e. The minimum absolute atomic E-state index is 0.0396. The summed E-state index contributed by atoms with van der Waals surface area (Å²) in [6.45, 7) is 3.35. The minimum Gasteiger partial charge on any atom is -0.493 e. The van der Waals surface area contributed by atoms with Gasteiger partial charge in [-0.05, 0) is 61.7 Å². The number of hydrogen-bond donors (Lipinski definition) is 3. The first-order valence-electron chi connectivity index (χ1n) is 12.7. The molecule has 5 N–H and O–H groups in total. The van der Waals surface area contributed by atoms with Crippen molar-refractivity contribution >= 4 is 38.6 Å². The molecule has 0 aliphatic rings. The lowest BCUT2D eigenvalue weighted by Gasteiger charge is -2.29. The molecule has 0 aliphatic heterocycles. The first-order chi connectivity index (χ1) is 18.9. The van der Waals surface area contributed by atoms with Gasteiger partial charge in [0, 0.05) is 20.2 Å². The number of esters is 1. The van der Waals surface area contributed by atoms with Crippen LogP contribution in [0.3, 0.4) is 0 Å². The number of carbonyl (C=O) groups excluding carboxylic acids is 2. The molecule has 1 amide bonds. The first kappa shape index (κ1) is 32.6. The summed E-state index contributed by atoms with van der Waals surface area (Å²) in [6, 6.07) is 6.72. The molecule has 2 atom stereocenters. The van der Waals surface area contributed by atoms with E-state index < -0.39 is 34.0 Å². The van der Waals surface area contributed by atoms with Crippen LogP contribution in [0.15, 0.2) is 40.2 Å². The monoisotopic (exact) mass is 581 g/mol. The lowest BCUT2D eigenvalue weighted by Crippen LogP contribution is -2.51. The quantitative estimate of drug-likeness (QED) is 0.112. The Kier molecular flexibility index (Phi) is 12.4. The summed E-state index contributed by atoms with van der Waals surface area (Å²) < 4.78 is 50.5. The molecule has 1 unspecified atom stereocenters. The Labute approximate surface area is 234 Å². The Bertz CT molecular complexity index is 1300. The maximum atomic E-state index is 13.7. The molecule has 14 heteroatoms. The largest absolute Gasteiger partial charge is 0.493 e. The number of rotatable bonds is 16. The second-order valence-corrected chi connectivity index (χ2v) is 10.6. The van der Waals surface area contributed by atoms with Crippen molar-refractivity contribution < 1.29 is 37.0 Å². The van der Waals surface area contributed by atoms with Crippen LogP contribution in [0.5, 0.6) is 11.5 Å². The number of guanidine groups is 1. The molecule has 0 spiro atoms. The summed E-state index contributed by atoms with van der Waals surface area (Å²) in [7, 11) is 0.269. The molecule has 2 rings (SSSR count). The van der Waals surface area contributed by atoms with Crippen LogP contribution < -0.4 is 25.7 Å². The SMILES string of the molecule is CCOC(=O)CN(CC(C)OC)C(=O)[C@H](CCCN=C(N)N)NS(=O)(=O)c1ccc2cc(OC)c(OC)cc2c1. The van der Waals surface area contributed by atoms with Crippen molar-refractivity contribution in [2.75, 3.05) is 47.6 Å². The van der Waals surface area contributed by atoms with E-state index in [4.69, 9.17) is 30.4 Å². The molecule has 2 aromatic rings. The van der Waals surface area contributed by atoms with Gasteiger partial charge in [-0.15, -0.1) is 0 Å². The standard InChI is InChI=1S/C26H39N5O8S/c1-6-39-24(32)16-31(15-17(2)36-3)25(33)21(8-7-11-29-26(27)28)30-40(34,35)20-10-9-18-13-22(37-4)23(38-5)14-19(18)12-20/h9-10,12-14,17,21,30H,6-8,11,15-16H2,1-5H3,(H4,27,28,29)/t17?,21-/m0/s1. The lowest BCUT2D eigenvalue weighted by molar-refractivity contribution is -0.150. The molecule has 0 fully saturated rings. The predicted octanol–water partition coefficient (Wildman–Crippen LogP) is 0.984. The summed E-state index contributed by atoms with van der Waals surface area (Å²) in [6.07, 6.45) is -0.0723. The van der Waals surface area contributed by atoms with E-state index in [0.29, 0.717) is 23.3 Å². The Morgan fingerprint density at radius 2 is 1.70 bits per heavy atom. The van der Waals surface area contributed by atoms with Crippen LogP contribution in [-0.2, 0) is 29.1 Å². The van der Waals surface area contributed by atoms with Crippen molar-refractivity contribution in [2.45, 2.75) is 43.7 Å². The van der Waals surface area contributed by atoms with Gasteiger partial charge in [0.25, 0.3) is 0 Å². The topological polar surface area (TPSA) is 185 Å². The number of ether oxygens (including phenoxy) is 4. The molecule has 0 aliphatic carbocycles. The maximum absolute atomic E-state index is 13.7. The van der Waals surface area contributed by atoms with Crippen molar-refractivity contribution in [3.05, 3.63) is 30.3 Å². The van der Waals surface area contributed by atoms with Gasteiger partial charge < -0.3 is 35.3 Å². The molecular formula is C26H39N5O8S. The third-order valence-electron chi connectivity index (χ3n) is 5.98. The highest BCUT2D eigenvalue weighted by atomic mass is 32.2. The molecular weight excluding hydrogens is 542 g/mol. The Balaban J connectivity index is 2.43. The van der Waals surface area contributed by atoms with Gasteiger partial charge in [-0.25, -0.2) is 8.42 Å². The molecule has 0 heterocycles. The van der Waals surface area contributed by atoms with Crippen LogP contribution in [0.25, 0.3) is 10.8 Å². The minimum atomic E-state index is -4.19. The van der Waals surface area contributed by atoms with Crippen molar-refractivity contribution in [3.63, 3.8) is 0 Å². The fourth-order valence-electron chi connectivity index (χ4n) is 3.91. The Morgan fingerprint density at radius 1 is 1.05 bits per heavy atom. The van der Waals surface area contributed by atoms with E-state index in [1.54, 1.807) is 32.0 Å². The molecule has 0 saturated carbocycles. The highest BCUT2D eigenvalue weighted by molar-refractivity contribution is 7.89. The molecule has 2 aromatic carbocycles. The van der Waals surface area contributed by atoms with Gasteiger partial charge in [0.2, 0.25) is 15.9 Å². The number of nitrogens with one attached hydrogen (secondary N) is 1. The number of hydrogen-bond acceptors (Lipinski definition) is 9. The number of amides is 1. The molecule has 13 nitrogen and oxygen atoms in total. The summed E-state index contributed by atoms with van der Waals surface area (Å²) in [5.41, 5.74) is 10.8. The number of aliphatic imine (C=N–C) groups is 1. The summed E-state index contributed by atoms with van der Waals surface area (Å²) in [5.74, 6) is -0.420. The van der Waals surface area contributed by atoms with Crippen molar-refractivity contribution in [3.8, 4) is 11.5 Å². The highest BCUT2D eigenvalue weighted by Crippen LogP contribution is 2.33. The van der Waals surface area contributed by atoms with Gasteiger partial charge in [-0.2, -0.15) is 4.72 Å². The predicted molar refractivity (Wildman–Crippen MR) is 151 cm³/mol. The van der Waals surface area contributed by atoms with E-state index in [0.717, 1.165) is 5.39 Å². The first-order valence-corrected chi connectivity index (χ1v) is 14.1. The van der Waals surface area contributed by atoms with Crippen LogP contribution in [0, 0.1) is 0 Å². The van der Waals surface area contributed by atoms with E-state index in [9.17, 15) is 18.0 Å². The van der Waals surface area contributed by atoms with Gasteiger partial charge in [0.1, 0.15) is 12.6 Å². The molecule has 222 valence electrons. The Hall–Kier alpha value is -3.62. The molecule has 40 heavy (non-hydrogen) atoms. The average molecular weight is 582 g/mol. The van der Waals surface area contributed by atoms with Crippen molar-refractivity contribution in [1.82, 2.24) is 9.62 Å². The second-order valence-electron chi connectivity index (χ2n) is 8.91. The fourth-order valence-corrected chi connectivity index (χ4v) is 5.17. The van der Waals surface area contributed by atoms with Gasteiger partial charge in [0.15, 0.2) is 17.5 Å². The van der Waals surface area contributed by atoms with Crippen molar-refractivity contribution in [2.24, 2.45) is 16.5 Å². The van der Waals surface area contributed by atoms with Gasteiger partial charge in [-0.1, -0.05) is 6.07 Å². The number of benzene rings is 2. The van der Waals surface area contributed by atoms with E-state index in [1.165, 1.54) is 38.4 Å². The number of carbonyl (C=O) groups is 2. The van der Waals surface area contributed by atoms with Crippen LogP contribution in [0.4, 0.5) is 0 Å². The molecule has 0 saturated heterocycles. The number of fused-ring (bicyclic) bond motifs is 1. The third-order valence-corrected chi connectivity index (χ3v) is 7.45. The fraction of sp³-hybridized carbons (Fsp3) is 0.500. The second kappa shape index (κ2) is 15.2. The zero-order chi connectivity index (χ0) is 29.9. The molecule has 0 bridgehead atoms. The number of methoxy groups -OCH3 is 3.